The van der Waals surface area contributed by atoms with Crippen LogP contribution in [0.4, 0.5) is 13.2 Å². The second kappa shape index (κ2) is 16.7. The number of hydrogen-bond donors (Lipinski definition) is 3. The molecule has 5 amide bonds. The Hall–Kier alpha value is -4.19. The van der Waals surface area contributed by atoms with Gasteiger partial charge < -0.3 is 31.1 Å². The van der Waals surface area contributed by atoms with Crippen molar-refractivity contribution in [1.82, 2.24) is 25.3 Å². The third kappa shape index (κ3) is 8.75. The molecule has 3 aliphatic rings. The minimum Gasteiger partial charge on any atom is -0.351 e. The van der Waals surface area contributed by atoms with Crippen LogP contribution in [0.5, 0.6) is 0 Å². The van der Waals surface area contributed by atoms with Crippen molar-refractivity contribution in [2.24, 2.45) is 17.6 Å². The number of carbonyl (C=O) groups is 5. The predicted molar refractivity (Wildman–Crippen MR) is 176 cm³/mol. The molecule has 15 heteroatoms. The molecule has 12 nitrogen and oxygen atoms in total. The highest BCUT2D eigenvalue weighted by Crippen LogP contribution is 2.25. The molecule has 0 bridgehead atoms. The van der Waals surface area contributed by atoms with Gasteiger partial charge in [-0.05, 0) is 68.4 Å². The Morgan fingerprint density at radius 1 is 0.800 bits per heavy atom. The lowest BCUT2D eigenvalue weighted by atomic mass is 9.99. The van der Waals surface area contributed by atoms with E-state index < -0.39 is 77.3 Å². The van der Waals surface area contributed by atoms with Crippen molar-refractivity contribution >= 4 is 29.5 Å². The van der Waals surface area contributed by atoms with Gasteiger partial charge in [0.2, 0.25) is 29.5 Å². The van der Waals surface area contributed by atoms with Crippen molar-refractivity contribution in [1.29, 1.82) is 5.26 Å². The standard InChI is InChI=1S/C35H48F3N7O5/c1-19(2)30(40)34(49)44-12-6-10-28(44)33(48)42-31(20(3)4)35(50)45-13-7-9-27(45)32(47)41-22(14-21-15-25(37)26(38)17-24(21)36)16-29(46)43-11-5-8-23(43)18-39/h15,17,19-20,22-23,27-28,30-31H,5-14,16,40H2,1-4H3,(H,41,47)(H,42,48)/t22-,23?,27?,28?,30?,31?/m1/s1. The SMILES string of the molecule is CC(C)C(N)C(=O)N1CCCC1C(=O)NC(C(=O)N1CCCC1C(=O)N[C@@H](CC(=O)N1CCCC1C#N)Cc1cc(F)c(F)cc1F)C(C)C. The molecule has 0 aromatic heterocycles. The van der Waals surface area contributed by atoms with E-state index in [0.29, 0.717) is 57.3 Å². The minimum absolute atomic E-state index is 0.127. The third-order valence-corrected chi connectivity index (χ3v) is 9.96. The number of amides is 5. The van der Waals surface area contributed by atoms with Gasteiger partial charge in [-0.15, -0.1) is 0 Å². The van der Waals surface area contributed by atoms with Crippen LogP contribution in [-0.2, 0) is 30.4 Å². The second-order valence-electron chi connectivity index (χ2n) is 14.2. The Morgan fingerprint density at radius 3 is 1.92 bits per heavy atom. The quantitative estimate of drug-likeness (QED) is 0.280. The number of rotatable bonds is 12. The molecule has 3 fully saturated rings. The van der Waals surface area contributed by atoms with Gasteiger partial charge in [0.25, 0.3) is 0 Å². The molecular formula is C35H48F3N7O5. The first-order chi connectivity index (χ1) is 23.6. The third-order valence-electron chi connectivity index (χ3n) is 9.96. The Balaban J connectivity index is 1.50. The van der Waals surface area contributed by atoms with Crippen LogP contribution in [0.3, 0.4) is 0 Å². The van der Waals surface area contributed by atoms with E-state index in [1.54, 1.807) is 13.8 Å². The monoisotopic (exact) mass is 703 g/mol. The molecule has 3 saturated heterocycles. The zero-order chi connectivity index (χ0) is 36.9. The molecule has 50 heavy (non-hydrogen) atoms. The van der Waals surface area contributed by atoms with Gasteiger partial charge in [0.1, 0.15) is 30.0 Å². The van der Waals surface area contributed by atoms with E-state index in [9.17, 15) is 42.4 Å². The van der Waals surface area contributed by atoms with Crippen LogP contribution in [0.15, 0.2) is 12.1 Å². The molecule has 4 N–H and O–H groups in total. The van der Waals surface area contributed by atoms with E-state index >= 15 is 0 Å². The number of likely N-dealkylation sites (tertiary alicyclic amines) is 3. The molecule has 0 saturated carbocycles. The molecule has 1 aromatic rings. The number of nitriles is 1. The second-order valence-corrected chi connectivity index (χ2v) is 14.2. The van der Waals surface area contributed by atoms with E-state index in [4.69, 9.17) is 5.73 Å². The highest BCUT2D eigenvalue weighted by molar-refractivity contribution is 5.95. The fourth-order valence-electron chi connectivity index (χ4n) is 7.01. The molecule has 0 radical (unpaired) electrons. The zero-order valence-electron chi connectivity index (χ0n) is 29.1. The molecule has 6 atom stereocenters. The summed E-state index contributed by atoms with van der Waals surface area (Å²) in [6, 6.07) is -2.12. The number of hydrogen-bond acceptors (Lipinski definition) is 7. The number of halogens is 3. The van der Waals surface area contributed by atoms with Crippen LogP contribution in [0.25, 0.3) is 0 Å². The summed E-state index contributed by atoms with van der Waals surface area (Å²) >= 11 is 0. The Labute approximate surface area is 290 Å². The number of nitrogens with one attached hydrogen (secondary N) is 2. The molecular weight excluding hydrogens is 655 g/mol. The maximum atomic E-state index is 14.7. The van der Waals surface area contributed by atoms with Gasteiger partial charge >= 0.3 is 0 Å². The number of benzene rings is 1. The highest BCUT2D eigenvalue weighted by Gasteiger charge is 2.42. The summed E-state index contributed by atoms with van der Waals surface area (Å²) < 4.78 is 42.5. The summed E-state index contributed by atoms with van der Waals surface area (Å²) in [6.45, 7) is 8.08. The van der Waals surface area contributed by atoms with Crippen molar-refractivity contribution < 1.29 is 37.1 Å². The maximum absolute atomic E-state index is 14.7. The minimum atomic E-state index is -1.38. The molecule has 0 spiro atoms. The summed E-state index contributed by atoms with van der Waals surface area (Å²) in [5.41, 5.74) is 5.83. The van der Waals surface area contributed by atoms with Crippen LogP contribution in [-0.4, -0.2) is 100 Å². The van der Waals surface area contributed by atoms with Crippen molar-refractivity contribution in [2.45, 2.75) is 115 Å². The Kier molecular flexibility index (Phi) is 12.9. The van der Waals surface area contributed by atoms with Crippen LogP contribution in [0, 0.1) is 40.6 Å². The molecule has 0 aliphatic carbocycles. The van der Waals surface area contributed by atoms with Crippen LogP contribution >= 0.6 is 0 Å². The van der Waals surface area contributed by atoms with E-state index in [1.807, 2.05) is 13.8 Å². The van der Waals surface area contributed by atoms with Gasteiger partial charge in [0.15, 0.2) is 11.6 Å². The number of nitrogens with two attached hydrogens (primary N) is 1. The lowest BCUT2D eigenvalue weighted by Gasteiger charge is -2.33. The summed E-state index contributed by atoms with van der Waals surface area (Å²) in [6.07, 6.45) is 2.18. The smallest absolute Gasteiger partial charge is 0.246 e. The molecule has 3 heterocycles. The first-order valence-corrected chi connectivity index (χ1v) is 17.4. The predicted octanol–water partition coefficient (Wildman–Crippen LogP) is 2.14. The van der Waals surface area contributed by atoms with Gasteiger partial charge in [-0.1, -0.05) is 27.7 Å². The average Bonchev–Trinajstić information content (AvgIpc) is 3.85. The largest absolute Gasteiger partial charge is 0.351 e. The fourth-order valence-corrected chi connectivity index (χ4v) is 7.01. The van der Waals surface area contributed by atoms with Gasteiger partial charge in [-0.25, -0.2) is 13.2 Å². The summed E-state index contributed by atoms with van der Waals surface area (Å²) in [5, 5.41) is 15.0. The molecule has 274 valence electrons. The van der Waals surface area contributed by atoms with Crippen LogP contribution < -0.4 is 16.4 Å². The normalized spacial score (nSPS) is 22.4. The van der Waals surface area contributed by atoms with Gasteiger partial charge in [-0.2, -0.15) is 5.26 Å². The van der Waals surface area contributed by atoms with Gasteiger partial charge in [-0.3, -0.25) is 24.0 Å². The van der Waals surface area contributed by atoms with Crippen molar-refractivity contribution in [2.75, 3.05) is 19.6 Å². The van der Waals surface area contributed by atoms with E-state index in [1.165, 1.54) is 14.7 Å². The van der Waals surface area contributed by atoms with E-state index in [0.717, 1.165) is 0 Å². The summed E-state index contributed by atoms with van der Waals surface area (Å²) in [7, 11) is 0. The number of nitrogens with zero attached hydrogens (tertiary/aromatic N) is 4. The topological polar surface area (TPSA) is 169 Å². The summed E-state index contributed by atoms with van der Waals surface area (Å²) in [4.78, 5) is 71.8. The number of carbonyl (C=O) groups excluding carboxylic acids is 5. The molecule has 1 aromatic carbocycles. The Morgan fingerprint density at radius 2 is 1.34 bits per heavy atom. The van der Waals surface area contributed by atoms with Crippen molar-refractivity contribution in [3.05, 3.63) is 35.1 Å². The van der Waals surface area contributed by atoms with E-state index in [2.05, 4.69) is 16.7 Å². The van der Waals surface area contributed by atoms with Crippen LogP contribution in [0.2, 0.25) is 0 Å². The van der Waals surface area contributed by atoms with Gasteiger partial charge in [0.05, 0.1) is 12.1 Å². The van der Waals surface area contributed by atoms with E-state index in [-0.39, 0.29) is 49.1 Å². The zero-order valence-corrected chi connectivity index (χ0v) is 29.1. The lowest BCUT2D eigenvalue weighted by Crippen LogP contribution is -2.59. The maximum Gasteiger partial charge on any atom is 0.246 e. The average molecular weight is 704 g/mol. The first kappa shape index (κ1) is 38.6. The molecule has 4 rings (SSSR count). The van der Waals surface area contributed by atoms with Crippen molar-refractivity contribution in [3.8, 4) is 6.07 Å². The summed E-state index contributed by atoms with van der Waals surface area (Å²) in [5.74, 6) is -6.61. The fraction of sp³-hybridized carbons (Fsp3) is 0.657. The Bertz CT molecular complexity index is 1500. The lowest BCUT2D eigenvalue weighted by molar-refractivity contribution is -0.145. The highest BCUT2D eigenvalue weighted by atomic mass is 19.2. The first-order valence-electron chi connectivity index (χ1n) is 17.4. The molecule has 3 aliphatic heterocycles. The van der Waals surface area contributed by atoms with Crippen molar-refractivity contribution in [3.63, 3.8) is 0 Å². The molecule has 5 unspecified atom stereocenters. The van der Waals surface area contributed by atoms with Crippen LogP contribution in [0.1, 0.15) is 78.2 Å². The van der Waals surface area contributed by atoms with Gasteiger partial charge in [0, 0.05) is 38.2 Å².